The van der Waals surface area contributed by atoms with Crippen molar-refractivity contribution >= 4 is 16.7 Å². The van der Waals surface area contributed by atoms with E-state index >= 15 is 0 Å². The Kier molecular flexibility index (Phi) is 4.14. The average Bonchev–Trinajstić information content (AvgIpc) is 3.00. The predicted octanol–water partition coefficient (Wildman–Crippen LogP) is 3.23. The zero-order chi connectivity index (χ0) is 13.8. The lowest BCUT2D eigenvalue weighted by molar-refractivity contribution is 0.0891. The summed E-state index contributed by atoms with van der Waals surface area (Å²) in [4.78, 5) is 4.53. The minimum absolute atomic E-state index is 0.563. The molecule has 0 bridgehead atoms. The molecule has 20 heavy (non-hydrogen) atoms. The first-order valence-electron chi connectivity index (χ1n) is 7.30. The summed E-state index contributed by atoms with van der Waals surface area (Å²) in [6.45, 7) is 1.41. The standard InChI is InChI=1S/C16H21N3O/c17-19-16-14(11-20-10-12-5-1-2-6-12)9-13-7-3-4-8-15(13)18-16/h3-4,7-9,12H,1-2,5-6,10-11,17H2,(H,18,19). The molecule has 0 spiro atoms. The third kappa shape index (κ3) is 2.92. The molecule has 0 aliphatic heterocycles. The number of nitrogens with two attached hydrogens (primary N) is 1. The fourth-order valence-corrected chi connectivity index (χ4v) is 2.91. The molecule has 1 aromatic heterocycles. The number of aromatic nitrogens is 1. The molecule has 2 aromatic rings. The van der Waals surface area contributed by atoms with Gasteiger partial charge in [0.15, 0.2) is 0 Å². The molecule has 1 heterocycles. The van der Waals surface area contributed by atoms with Crippen molar-refractivity contribution in [2.24, 2.45) is 11.8 Å². The molecule has 0 unspecified atom stereocenters. The molecule has 0 atom stereocenters. The van der Waals surface area contributed by atoms with Gasteiger partial charge in [0.05, 0.1) is 12.1 Å². The van der Waals surface area contributed by atoms with E-state index in [4.69, 9.17) is 10.6 Å². The van der Waals surface area contributed by atoms with Crippen LogP contribution >= 0.6 is 0 Å². The largest absolute Gasteiger partial charge is 0.376 e. The van der Waals surface area contributed by atoms with Gasteiger partial charge in [0, 0.05) is 17.6 Å². The molecule has 4 heteroatoms. The summed E-state index contributed by atoms with van der Waals surface area (Å²) in [5, 5.41) is 1.12. The Morgan fingerprint density at radius 3 is 2.85 bits per heavy atom. The minimum Gasteiger partial charge on any atom is -0.376 e. The second kappa shape index (κ2) is 6.20. The number of para-hydroxylation sites is 1. The summed E-state index contributed by atoms with van der Waals surface area (Å²) in [6, 6.07) is 10.1. The molecule has 106 valence electrons. The number of benzene rings is 1. The molecule has 1 aliphatic rings. The van der Waals surface area contributed by atoms with Crippen LogP contribution in [0.3, 0.4) is 0 Å². The van der Waals surface area contributed by atoms with Gasteiger partial charge in [-0.05, 0) is 30.9 Å². The maximum atomic E-state index is 5.86. The summed E-state index contributed by atoms with van der Waals surface area (Å²) in [6.07, 6.45) is 5.30. The Labute approximate surface area is 119 Å². The van der Waals surface area contributed by atoms with Crippen molar-refractivity contribution < 1.29 is 4.74 Å². The predicted molar refractivity (Wildman–Crippen MR) is 81.2 cm³/mol. The third-order valence-corrected chi connectivity index (χ3v) is 4.03. The summed E-state index contributed by atoms with van der Waals surface area (Å²) in [5.41, 5.74) is 4.64. The number of ether oxygens (including phenoxy) is 1. The van der Waals surface area contributed by atoms with Crippen molar-refractivity contribution in [3.05, 3.63) is 35.9 Å². The average molecular weight is 271 g/mol. The number of hydrogen-bond donors (Lipinski definition) is 2. The quantitative estimate of drug-likeness (QED) is 0.647. The molecule has 3 rings (SSSR count). The summed E-state index contributed by atoms with van der Waals surface area (Å²) in [7, 11) is 0. The van der Waals surface area contributed by atoms with Gasteiger partial charge in [0.2, 0.25) is 0 Å². The number of nitrogens with one attached hydrogen (secondary N) is 1. The van der Waals surface area contributed by atoms with Crippen LogP contribution in [0.15, 0.2) is 30.3 Å². The van der Waals surface area contributed by atoms with Gasteiger partial charge in [-0.15, -0.1) is 0 Å². The number of nitrogen functional groups attached to an aromatic ring is 1. The van der Waals surface area contributed by atoms with Gasteiger partial charge in [-0.3, -0.25) is 0 Å². The van der Waals surface area contributed by atoms with Gasteiger partial charge in [-0.1, -0.05) is 31.0 Å². The fraction of sp³-hybridized carbons (Fsp3) is 0.438. The highest BCUT2D eigenvalue weighted by Gasteiger charge is 2.15. The van der Waals surface area contributed by atoms with Gasteiger partial charge in [-0.2, -0.15) is 0 Å². The first-order chi connectivity index (χ1) is 9.86. The number of hydrazine groups is 1. The van der Waals surface area contributed by atoms with Crippen molar-refractivity contribution in [1.29, 1.82) is 0 Å². The lowest BCUT2D eigenvalue weighted by atomic mass is 10.1. The normalized spacial score (nSPS) is 15.8. The van der Waals surface area contributed by atoms with E-state index in [2.05, 4.69) is 22.5 Å². The molecule has 3 N–H and O–H groups in total. The Bertz CT molecular complexity index is 579. The zero-order valence-electron chi connectivity index (χ0n) is 11.6. The summed E-state index contributed by atoms with van der Waals surface area (Å²) < 4.78 is 5.86. The molecule has 4 nitrogen and oxygen atoms in total. The van der Waals surface area contributed by atoms with Gasteiger partial charge in [0.1, 0.15) is 5.82 Å². The number of nitrogens with zero attached hydrogens (tertiary/aromatic N) is 1. The smallest absolute Gasteiger partial charge is 0.146 e. The number of rotatable bonds is 5. The second-order valence-electron chi connectivity index (χ2n) is 5.50. The first kappa shape index (κ1) is 13.3. The van der Waals surface area contributed by atoms with Crippen molar-refractivity contribution in [1.82, 2.24) is 4.98 Å². The van der Waals surface area contributed by atoms with E-state index in [1.807, 2.05) is 18.2 Å². The number of hydrogen-bond acceptors (Lipinski definition) is 4. The van der Waals surface area contributed by atoms with Crippen LogP contribution in [-0.4, -0.2) is 11.6 Å². The molecule has 0 radical (unpaired) electrons. The Balaban J connectivity index is 1.72. The van der Waals surface area contributed by atoms with Crippen LogP contribution < -0.4 is 11.3 Å². The van der Waals surface area contributed by atoms with E-state index in [9.17, 15) is 0 Å². The number of fused-ring (bicyclic) bond motifs is 1. The van der Waals surface area contributed by atoms with Crippen LogP contribution in [0.2, 0.25) is 0 Å². The first-order valence-corrected chi connectivity index (χ1v) is 7.30. The van der Waals surface area contributed by atoms with Gasteiger partial charge in [-0.25, -0.2) is 10.8 Å². The molecule has 0 amide bonds. The van der Waals surface area contributed by atoms with E-state index in [1.54, 1.807) is 0 Å². The van der Waals surface area contributed by atoms with E-state index in [0.717, 1.165) is 29.0 Å². The second-order valence-corrected chi connectivity index (χ2v) is 5.50. The monoisotopic (exact) mass is 271 g/mol. The van der Waals surface area contributed by atoms with Crippen molar-refractivity contribution in [2.45, 2.75) is 32.3 Å². The van der Waals surface area contributed by atoms with Crippen LogP contribution in [0, 0.1) is 5.92 Å². The van der Waals surface area contributed by atoms with Crippen LogP contribution in [0.1, 0.15) is 31.2 Å². The Morgan fingerprint density at radius 1 is 1.25 bits per heavy atom. The van der Waals surface area contributed by atoms with Gasteiger partial charge in [0.25, 0.3) is 0 Å². The van der Waals surface area contributed by atoms with E-state index in [1.165, 1.54) is 25.7 Å². The van der Waals surface area contributed by atoms with E-state index < -0.39 is 0 Å². The third-order valence-electron chi connectivity index (χ3n) is 4.03. The number of anilines is 1. The molecule has 0 saturated heterocycles. The van der Waals surface area contributed by atoms with Crippen LogP contribution in [0.5, 0.6) is 0 Å². The fourth-order valence-electron chi connectivity index (χ4n) is 2.91. The molecule has 1 aliphatic carbocycles. The van der Waals surface area contributed by atoms with Gasteiger partial charge < -0.3 is 10.2 Å². The lowest BCUT2D eigenvalue weighted by Crippen LogP contribution is -2.13. The van der Waals surface area contributed by atoms with Crippen LogP contribution in [0.4, 0.5) is 5.82 Å². The molecule has 1 aromatic carbocycles. The Hall–Kier alpha value is -1.65. The van der Waals surface area contributed by atoms with Gasteiger partial charge >= 0.3 is 0 Å². The topological polar surface area (TPSA) is 60.2 Å². The van der Waals surface area contributed by atoms with Crippen molar-refractivity contribution in [3.63, 3.8) is 0 Å². The number of pyridine rings is 1. The highest BCUT2D eigenvalue weighted by atomic mass is 16.5. The maximum absolute atomic E-state index is 5.86. The molecular weight excluding hydrogens is 250 g/mol. The van der Waals surface area contributed by atoms with E-state index in [-0.39, 0.29) is 0 Å². The minimum atomic E-state index is 0.563. The highest BCUT2D eigenvalue weighted by Crippen LogP contribution is 2.26. The summed E-state index contributed by atoms with van der Waals surface area (Å²) in [5.74, 6) is 7.01. The lowest BCUT2D eigenvalue weighted by Gasteiger charge is -2.13. The molecular formula is C16H21N3O. The highest BCUT2D eigenvalue weighted by molar-refractivity contribution is 5.81. The molecule has 1 fully saturated rings. The van der Waals surface area contributed by atoms with Crippen molar-refractivity contribution in [2.75, 3.05) is 12.0 Å². The Morgan fingerprint density at radius 2 is 2.05 bits per heavy atom. The summed E-state index contributed by atoms with van der Waals surface area (Å²) >= 11 is 0. The molecule has 1 saturated carbocycles. The van der Waals surface area contributed by atoms with Crippen LogP contribution in [0.25, 0.3) is 10.9 Å². The zero-order valence-corrected chi connectivity index (χ0v) is 11.6. The van der Waals surface area contributed by atoms with E-state index in [0.29, 0.717) is 12.4 Å². The maximum Gasteiger partial charge on any atom is 0.146 e. The SMILES string of the molecule is NNc1nc2ccccc2cc1COCC1CCCC1. The van der Waals surface area contributed by atoms with Crippen LogP contribution in [-0.2, 0) is 11.3 Å². The van der Waals surface area contributed by atoms with Crippen molar-refractivity contribution in [3.8, 4) is 0 Å².